The first-order chi connectivity index (χ1) is 10.9. The van der Waals surface area contributed by atoms with Crippen molar-refractivity contribution >= 4 is 23.4 Å². The summed E-state index contributed by atoms with van der Waals surface area (Å²) in [6.07, 6.45) is 0. The number of hydrogen-bond acceptors (Lipinski definition) is 5. The first kappa shape index (κ1) is 17.4. The molecular formula is C17H22N2O3S. The molecule has 0 spiro atoms. The van der Waals surface area contributed by atoms with Crippen molar-refractivity contribution in [2.45, 2.75) is 38.7 Å². The molecule has 1 atom stereocenters. The van der Waals surface area contributed by atoms with Crippen LogP contribution in [-0.4, -0.2) is 23.4 Å². The average molecular weight is 334 g/mol. The van der Waals surface area contributed by atoms with Crippen LogP contribution in [-0.2, 0) is 10.5 Å². The monoisotopic (exact) mass is 334 g/mol. The predicted octanol–water partition coefficient (Wildman–Crippen LogP) is 3.87. The van der Waals surface area contributed by atoms with E-state index in [0.717, 1.165) is 22.6 Å². The van der Waals surface area contributed by atoms with Gasteiger partial charge in [0.2, 0.25) is 5.91 Å². The molecule has 0 saturated heterocycles. The number of thioether (sulfide) groups is 1. The average Bonchev–Trinajstić information content (AvgIpc) is 2.84. The van der Waals surface area contributed by atoms with Crippen molar-refractivity contribution in [3.05, 3.63) is 40.8 Å². The second-order valence-corrected chi connectivity index (χ2v) is 6.78. The summed E-state index contributed by atoms with van der Waals surface area (Å²) in [5.41, 5.74) is 3.70. The number of nitrogens with zero attached hydrogens (tertiary/aromatic N) is 1. The minimum absolute atomic E-state index is 0.0503. The standard InChI is InChI=1S/C17H22N2O3S/c1-10-6-7-16(21-5)15(8-10)18-17(20)13(4)23-9-14-11(2)19-22-12(14)3/h6-8,13H,9H2,1-5H3,(H,18,20). The number of benzene rings is 1. The third kappa shape index (κ3) is 4.28. The van der Waals surface area contributed by atoms with E-state index in [9.17, 15) is 4.79 Å². The van der Waals surface area contributed by atoms with Crippen molar-refractivity contribution in [3.8, 4) is 5.75 Å². The van der Waals surface area contributed by atoms with Crippen LogP contribution in [0.25, 0.3) is 0 Å². The summed E-state index contributed by atoms with van der Waals surface area (Å²) in [5.74, 6) is 2.11. The molecule has 23 heavy (non-hydrogen) atoms. The maximum atomic E-state index is 12.4. The van der Waals surface area contributed by atoms with Crippen LogP contribution in [0.5, 0.6) is 5.75 Å². The van der Waals surface area contributed by atoms with E-state index >= 15 is 0 Å². The Balaban J connectivity index is 1.99. The molecule has 0 radical (unpaired) electrons. The van der Waals surface area contributed by atoms with Gasteiger partial charge in [-0.05, 0) is 45.4 Å². The number of methoxy groups -OCH3 is 1. The van der Waals surface area contributed by atoms with E-state index in [-0.39, 0.29) is 11.2 Å². The van der Waals surface area contributed by atoms with E-state index in [1.54, 1.807) is 18.9 Å². The van der Waals surface area contributed by atoms with Gasteiger partial charge in [0.05, 0.1) is 23.7 Å². The Kier molecular flexibility index (Phi) is 5.71. The number of ether oxygens (including phenoxy) is 1. The summed E-state index contributed by atoms with van der Waals surface area (Å²) in [5, 5.41) is 6.67. The molecule has 0 fully saturated rings. The van der Waals surface area contributed by atoms with Crippen molar-refractivity contribution in [1.82, 2.24) is 5.16 Å². The fourth-order valence-corrected chi connectivity index (χ4v) is 3.18. The van der Waals surface area contributed by atoms with Crippen LogP contribution in [0.2, 0.25) is 0 Å². The fraction of sp³-hybridized carbons (Fsp3) is 0.412. The third-order valence-electron chi connectivity index (χ3n) is 3.64. The molecule has 1 aromatic heterocycles. The Morgan fingerprint density at radius 1 is 1.39 bits per heavy atom. The highest BCUT2D eigenvalue weighted by molar-refractivity contribution is 7.99. The summed E-state index contributed by atoms with van der Waals surface area (Å²) < 4.78 is 10.4. The van der Waals surface area contributed by atoms with Crippen molar-refractivity contribution in [1.29, 1.82) is 0 Å². The van der Waals surface area contributed by atoms with Crippen molar-refractivity contribution in [2.24, 2.45) is 0 Å². The van der Waals surface area contributed by atoms with Crippen LogP contribution >= 0.6 is 11.8 Å². The summed E-state index contributed by atoms with van der Waals surface area (Å²) in [4.78, 5) is 12.4. The molecule has 1 heterocycles. The number of amides is 1. The van der Waals surface area contributed by atoms with Gasteiger partial charge < -0.3 is 14.6 Å². The third-order valence-corrected chi connectivity index (χ3v) is 4.81. The number of nitrogens with one attached hydrogen (secondary N) is 1. The minimum Gasteiger partial charge on any atom is -0.495 e. The van der Waals surface area contributed by atoms with Crippen molar-refractivity contribution in [2.75, 3.05) is 12.4 Å². The lowest BCUT2D eigenvalue weighted by molar-refractivity contribution is -0.115. The van der Waals surface area contributed by atoms with Crippen LogP contribution in [0.15, 0.2) is 22.7 Å². The molecule has 1 aromatic carbocycles. The van der Waals surface area contributed by atoms with Gasteiger partial charge in [-0.15, -0.1) is 11.8 Å². The number of anilines is 1. The fourth-order valence-electron chi connectivity index (χ4n) is 2.15. The lowest BCUT2D eigenvalue weighted by Gasteiger charge is -2.14. The van der Waals surface area contributed by atoms with Gasteiger partial charge in [-0.3, -0.25) is 4.79 Å². The van der Waals surface area contributed by atoms with Crippen LogP contribution in [0.4, 0.5) is 5.69 Å². The largest absolute Gasteiger partial charge is 0.495 e. The molecule has 1 amide bonds. The molecule has 6 heteroatoms. The highest BCUT2D eigenvalue weighted by Crippen LogP contribution is 2.27. The van der Waals surface area contributed by atoms with E-state index in [0.29, 0.717) is 17.2 Å². The molecule has 0 aliphatic carbocycles. The molecule has 1 N–H and O–H groups in total. The number of rotatable bonds is 6. The van der Waals surface area contributed by atoms with Crippen molar-refractivity contribution in [3.63, 3.8) is 0 Å². The number of aromatic nitrogens is 1. The van der Waals surface area contributed by atoms with E-state index in [1.165, 1.54) is 0 Å². The summed E-state index contributed by atoms with van der Waals surface area (Å²) in [6, 6.07) is 5.71. The van der Waals surface area contributed by atoms with Crippen molar-refractivity contribution < 1.29 is 14.1 Å². The maximum Gasteiger partial charge on any atom is 0.237 e. The van der Waals surface area contributed by atoms with Gasteiger partial charge in [-0.1, -0.05) is 11.2 Å². The number of hydrogen-bond donors (Lipinski definition) is 1. The molecular weight excluding hydrogens is 312 g/mol. The van der Waals surface area contributed by atoms with E-state index in [2.05, 4.69) is 10.5 Å². The Morgan fingerprint density at radius 2 is 2.13 bits per heavy atom. The minimum atomic E-state index is -0.200. The van der Waals surface area contributed by atoms with Gasteiger partial charge in [0, 0.05) is 11.3 Å². The van der Waals surface area contributed by atoms with E-state index in [4.69, 9.17) is 9.26 Å². The highest BCUT2D eigenvalue weighted by Gasteiger charge is 2.18. The molecule has 0 aliphatic rings. The molecule has 5 nitrogen and oxygen atoms in total. The molecule has 1 unspecified atom stereocenters. The van der Waals surface area contributed by atoms with Crippen LogP contribution in [0.1, 0.15) is 29.5 Å². The van der Waals surface area contributed by atoms with Crippen LogP contribution in [0, 0.1) is 20.8 Å². The maximum absolute atomic E-state index is 12.4. The molecule has 2 aromatic rings. The Labute approximate surface area is 140 Å². The smallest absolute Gasteiger partial charge is 0.237 e. The number of aryl methyl sites for hydroxylation is 3. The SMILES string of the molecule is COc1ccc(C)cc1NC(=O)C(C)SCc1c(C)noc1C. The summed E-state index contributed by atoms with van der Waals surface area (Å²) in [6.45, 7) is 7.66. The van der Waals surface area contributed by atoms with Gasteiger partial charge in [0.25, 0.3) is 0 Å². The summed E-state index contributed by atoms with van der Waals surface area (Å²) in [7, 11) is 1.59. The Hall–Kier alpha value is -1.95. The molecule has 0 bridgehead atoms. The van der Waals surface area contributed by atoms with Crippen LogP contribution < -0.4 is 10.1 Å². The lowest BCUT2D eigenvalue weighted by atomic mass is 10.2. The lowest BCUT2D eigenvalue weighted by Crippen LogP contribution is -2.23. The number of carbonyl (C=O) groups excluding carboxylic acids is 1. The van der Waals surface area contributed by atoms with Gasteiger partial charge in [0.15, 0.2) is 0 Å². The second-order valence-electron chi connectivity index (χ2n) is 5.45. The summed E-state index contributed by atoms with van der Waals surface area (Å²) >= 11 is 1.55. The zero-order chi connectivity index (χ0) is 17.0. The number of carbonyl (C=O) groups is 1. The normalized spacial score (nSPS) is 12.0. The quantitative estimate of drug-likeness (QED) is 0.869. The van der Waals surface area contributed by atoms with Gasteiger partial charge in [-0.25, -0.2) is 0 Å². The van der Waals surface area contributed by atoms with Gasteiger partial charge in [-0.2, -0.15) is 0 Å². The molecule has 0 saturated carbocycles. The second kappa shape index (κ2) is 7.55. The Morgan fingerprint density at radius 3 is 2.74 bits per heavy atom. The zero-order valence-corrected chi connectivity index (χ0v) is 14.9. The first-order valence-corrected chi connectivity index (χ1v) is 8.46. The topological polar surface area (TPSA) is 64.4 Å². The van der Waals surface area contributed by atoms with E-state index in [1.807, 2.05) is 45.9 Å². The van der Waals surface area contributed by atoms with Gasteiger partial charge in [0.1, 0.15) is 11.5 Å². The Bertz CT molecular complexity index is 678. The molecule has 124 valence electrons. The zero-order valence-electron chi connectivity index (χ0n) is 14.1. The first-order valence-electron chi connectivity index (χ1n) is 7.41. The van der Waals surface area contributed by atoms with E-state index < -0.39 is 0 Å². The predicted molar refractivity (Wildman–Crippen MR) is 93.1 cm³/mol. The molecule has 2 rings (SSSR count). The van der Waals surface area contributed by atoms with Crippen LogP contribution in [0.3, 0.4) is 0 Å². The highest BCUT2D eigenvalue weighted by atomic mass is 32.2. The molecule has 0 aliphatic heterocycles. The van der Waals surface area contributed by atoms with Gasteiger partial charge >= 0.3 is 0 Å².